The molecule has 1 N–H and O–H groups in total. The zero-order valence-corrected chi connectivity index (χ0v) is 10.3. The second kappa shape index (κ2) is 4.75. The molecule has 2 aromatic rings. The van der Waals surface area contributed by atoms with Gasteiger partial charge in [-0.05, 0) is 0 Å². The van der Waals surface area contributed by atoms with E-state index in [-0.39, 0.29) is 21.5 Å². The molecule has 2 rings (SSSR count). The quantitative estimate of drug-likeness (QED) is 0.460. The van der Waals surface area contributed by atoms with Crippen molar-refractivity contribution >= 4 is 10.8 Å². The van der Waals surface area contributed by atoms with Crippen LogP contribution in [0, 0.1) is 0 Å². The Labute approximate surface area is 95.1 Å². The van der Waals surface area contributed by atoms with E-state index in [9.17, 15) is 0 Å². The second-order valence-corrected chi connectivity index (χ2v) is 5.70. The summed E-state index contributed by atoms with van der Waals surface area (Å²) >= 11 is 0.124. The number of rotatable bonds is 3. The maximum atomic E-state index is 3.29. The minimum atomic E-state index is 0.124. The number of nitrogens with one attached hydrogen (secondary N) is 1. The van der Waals surface area contributed by atoms with Crippen molar-refractivity contribution < 1.29 is 21.5 Å². The number of halogens is 1. The van der Waals surface area contributed by atoms with Crippen LogP contribution in [-0.2, 0) is 4.43 Å². The molecule has 1 nitrogen and oxygen atoms in total. The molecule has 74 valence electrons. The topological polar surface area (TPSA) is 12.0 Å². The first-order chi connectivity index (χ1) is 6.92. The number of alkyl halides is 1. The summed E-state index contributed by atoms with van der Waals surface area (Å²) in [6.45, 7) is 0. The molecule has 0 radical (unpaired) electrons. The zero-order valence-electron chi connectivity index (χ0n) is 8.13. The second-order valence-electron chi connectivity index (χ2n) is 3.09. The Kier molecular flexibility index (Phi) is 3.37. The van der Waals surface area contributed by atoms with Crippen LogP contribution in [0.1, 0.15) is 5.56 Å². The average molecular weight is 298 g/mol. The number of fused-ring (bicyclic) bond motifs is 1. The molecule has 14 heavy (non-hydrogen) atoms. The standard InChI is InChI=1S/C12H13IN/c1-14-13-9-11-7-4-6-10-5-2-3-8-12(10)11/h2-8,14H,9H2,1H3/q-1. The first-order valence-corrected chi connectivity index (χ1v) is 7.24. The minimum absolute atomic E-state index is 0.124. The predicted molar refractivity (Wildman–Crippen MR) is 56.7 cm³/mol. The molecule has 0 saturated heterocycles. The summed E-state index contributed by atoms with van der Waals surface area (Å²) < 4.78 is 4.50. The fraction of sp³-hybridized carbons (Fsp3) is 0.167. The van der Waals surface area contributed by atoms with Gasteiger partial charge in [-0.1, -0.05) is 0 Å². The normalized spacial score (nSPS) is 10.9. The van der Waals surface area contributed by atoms with Crippen molar-refractivity contribution in [2.75, 3.05) is 7.05 Å². The molecule has 0 spiro atoms. The summed E-state index contributed by atoms with van der Waals surface area (Å²) in [6.07, 6.45) is 0. The summed E-state index contributed by atoms with van der Waals surface area (Å²) in [6, 6.07) is 15.2. The van der Waals surface area contributed by atoms with E-state index in [4.69, 9.17) is 0 Å². The van der Waals surface area contributed by atoms with Crippen LogP contribution in [0.4, 0.5) is 0 Å². The maximum absolute atomic E-state index is 3.29. The molecule has 0 bridgehead atoms. The Bertz CT molecular complexity index is 420. The summed E-state index contributed by atoms with van der Waals surface area (Å²) in [5.41, 5.74) is 1.48. The van der Waals surface area contributed by atoms with Crippen LogP contribution in [0.15, 0.2) is 42.5 Å². The van der Waals surface area contributed by atoms with E-state index in [1.54, 1.807) is 0 Å². The van der Waals surface area contributed by atoms with Crippen molar-refractivity contribution in [3.63, 3.8) is 0 Å². The summed E-state index contributed by atoms with van der Waals surface area (Å²) in [5, 5.41) is 2.76. The molecule has 2 aromatic carbocycles. The van der Waals surface area contributed by atoms with Gasteiger partial charge in [-0.15, -0.1) is 0 Å². The average Bonchev–Trinajstić information content (AvgIpc) is 2.26. The van der Waals surface area contributed by atoms with E-state index in [1.807, 2.05) is 7.05 Å². The zero-order chi connectivity index (χ0) is 9.80. The van der Waals surface area contributed by atoms with E-state index in [1.165, 1.54) is 20.8 Å². The fourth-order valence-electron chi connectivity index (χ4n) is 1.55. The van der Waals surface area contributed by atoms with Crippen LogP contribution in [0.5, 0.6) is 0 Å². The molecule has 0 aliphatic heterocycles. The summed E-state index contributed by atoms with van der Waals surface area (Å²) in [7, 11) is 2.04. The molecule has 0 fully saturated rings. The third kappa shape index (κ3) is 2.07. The number of hydrogen-bond donors (Lipinski definition) is 1. The molecule has 0 heterocycles. The Morgan fingerprint density at radius 1 is 1.07 bits per heavy atom. The van der Waals surface area contributed by atoms with Gasteiger partial charge in [0.05, 0.1) is 0 Å². The Balaban J connectivity index is 2.43. The molecule has 0 atom stereocenters. The van der Waals surface area contributed by atoms with Gasteiger partial charge in [-0.2, -0.15) is 0 Å². The molecular weight excluding hydrogens is 285 g/mol. The van der Waals surface area contributed by atoms with Crippen LogP contribution < -0.4 is 25.0 Å². The van der Waals surface area contributed by atoms with Gasteiger partial charge in [-0.3, -0.25) is 0 Å². The van der Waals surface area contributed by atoms with Gasteiger partial charge in [-0.25, -0.2) is 0 Å². The molecule has 0 aliphatic rings. The van der Waals surface area contributed by atoms with Gasteiger partial charge in [0.15, 0.2) is 0 Å². The van der Waals surface area contributed by atoms with Crippen LogP contribution in [0.25, 0.3) is 10.8 Å². The summed E-state index contributed by atoms with van der Waals surface area (Å²) in [4.78, 5) is 0. The number of hydrogen-bond acceptors (Lipinski definition) is 1. The molecule has 0 aliphatic carbocycles. The Hall–Kier alpha value is -0.610. The van der Waals surface area contributed by atoms with Crippen LogP contribution >= 0.6 is 0 Å². The van der Waals surface area contributed by atoms with E-state index < -0.39 is 0 Å². The van der Waals surface area contributed by atoms with Crippen LogP contribution in [0.3, 0.4) is 0 Å². The van der Waals surface area contributed by atoms with Crippen molar-refractivity contribution in [3.8, 4) is 0 Å². The molecular formula is C12H13IN-. The van der Waals surface area contributed by atoms with Gasteiger partial charge in [0, 0.05) is 0 Å². The van der Waals surface area contributed by atoms with Crippen LogP contribution in [0.2, 0.25) is 0 Å². The molecule has 0 saturated carbocycles. The third-order valence-electron chi connectivity index (χ3n) is 2.22. The van der Waals surface area contributed by atoms with Crippen molar-refractivity contribution in [3.05, 3.63) is 48.0 Å². The van der Waals surface area contributed by atoms with E-state index in [2.05, 4.69) is 46.0 Å². The molecule has 0 unspecified atom stereocenters. The van der Waals surface area contributed by atoms with Gasteiger partial charge < -0.3 is 0 Å². The van der Waals surface area contributed by atoms with Crippen molar-refractivity contribution in [1.82, 2.24) is 3.53 Å². The molecule has 0 aromatic heterocycles. The van der Waals surface area contributed by atoms with Crippen LogP contribution in [-0.4, -0.2) is 7.05 Å². The number of benzene rings is 2. The summed E-state index contributed by atoms with van der Waals surface area (Å²) in [5.74, 6) is 0. The predicted octanol–water partition coefficient (Wildman–Crippen LogP) is -0.437. The fourth-order valence-corrected chi connectivity index (χ4v) is 3.01. The van der Waals surface area contributed by atoms with E-state index >= 15 is 0 Å². The first-order valence-electron chi connectivity index (χ1n) is 4.63. The SMILES string of the molecule is CN[I-]Cc1cccc2ccccc12. The van der Waals surface area contributed by atoms with Gasteiger partial charge in [0.25, 0.3) is 0 Å². The Morgan fingerprint density at radius 3 is 2.71 bits per heavy atom. The van der Waals surface area contributed by atoms with Gasteiger partial charge in [0.2, 0.25) is 0 Å². The van der Waals surface area contributed by atoms with Gasteiger partial charge >= 0.3 is 95.3 Å². The monoisotopic (exact) mass is 298 g/mol. The first kappa shape index (κ1) is 9.93. The molecule has 0 amide bonds. The van der Waals surface area contributed by atoms with Crippen molar-refractivity contribution in [2.45, 2.75) is 4.43 Å². The van der Waals surface area contributed by atoms with E-state index in [0.717, 1.165) is 0 Å². The third-order valence-corrected chi connectivity index (χ3v) is 4.19. The van der Waals surface area contributed by atoms with Crippen molar-refractivity contribution in [1.29, 1.82) is 0 Å². The Morgan fingerprint density at radius 2 is 1.86 bits per heavy atom. The molecule has 2 heteroatoms. The van der Waals surface area contributed by atoms with Gasteiger partial charge in [0.1, 0.15) is 0 Å². The van der Waals surface area contributed by atoms with E-state index in [0.29, 0.717) is 0 Å². The van der Waals surface area contributed by atoms with Crippen molar-refractivity contribution in [2.24, 2.45) is 0 Å².